The van der Waals surface area contributed by atoms with Crippen LogP contribution in [0.2, 0.25) is 0 Å². The Bertz CT molecular complexity index is 1020. The van der Waals surface area contributed by atoms with E-state index in [9.17, 15) is 13.2 Å². The van der Waals surface area contributed by atoms with E-state index in [-0.39, 0.29) is 29.5 Å². The molecule has 0 aliphatic carbocycles. The minimum atomic E-state index is -3.72. The summed E-state index contributed by atoms with van der Waals surface area (Å²) in [6, 6.07) is 14.0. The second-order valence-electron chi connectivity index (χ2n) is 7.94. The van der Waals surface area contributed by atoms with Gasteiger partial charge in [-0.15, -0.1) is 0 Å². The van der Waals surface area contributed by atoms with E-state index in [0.717, 1.165) is 37.0 Å². The molecule has 2 aromatic carbocycles. The summed E-state index contributed by atoms with van der Waals surface area (Å²) < 4.78 is 38.8. The van der Waals surface area contributed by atoms with Crippen LogP contribution in [0, 0.1) is 0 Å². The van der Waals surface area contributed by atoms with Gasteiger partial charge in [0.15, 0.2) is 0 Å². The molecule has 2 atom stereocenters. The van der Waals surface area contributed by atoms with E-state index < -0.39 is 10.0 Å². The van der Waals surface area contributed by atoms with Gasteiger partial charge in [0.2, 0.25) is 10.0 Å². The van der Waals surface area contributed by atoms with Gasteiger partial charge >= 0.3 is 0 Å². The molecule has 2 aromatic rings. The standard InChI is InChI=1S/C23H28N2O5S/c1-29-19-11-9-17(10-12-19)22-8-3-13-25(22)23(26)18-5-2-7-21(15-18)31(27,28)24-16-20-6-4-14-30-20/h2,5,7,9-12,15,20,22,24H,3-4,6,8,13-14,16H2,1H3. The lowest BCUT2D eigenvalue weighted by atomic mass is 10.0. The highest BCUT2D eigenvalue weighted by atomic mass is 32.2. The molecule has 0 spiro atoms. The van der Waals surface area contributed by atoms with Gasteiger partial charge in [-0.3, -0.25) is 4.79 Å². The lowest BCUT2D eigenvalue weighted by molar-refractivity contribution is 0.0735. The molecular formula is C23H28N2O5S. The van der Waals surface area contributed by atoms with Crippen molar-refractivity contribution in [1.82, 2.24) is 9.62 Å². The first-order valence-electron chi connectivity index (χ1n) is 10.6. The Morgan fingerprint density at radius 3 is 2.68 bits per heavy atom. The number of hydrogen-bond acceptors (Lipinski definition) is 5. The first kappa shape index (κ1) is 21.8. The van der Waals surface area contributed by atoms with Crippen LogP contribution in [0.3, 0.4) is 0 Å². The van der Waals surface area contributed by atoms with Crippen molar-refractivity contribution in [2.24, 2.45) is 0 Å². The molecule has 0 bridgehead atoms. The van der Waals surface area contributed by atoms with Crippen LogP contribution in [0.25, 0.3) is 0 Å². The fraction of sp³-hybridized carbons (Fsp3) is 0.435. The molecule has 2 fully saturated rings. The van der Waals surface area contributed by atoms with E-state index >= 15 is 0 Å². The third kappa shape index (κ3) is 4.92. The molecular weight excluding hydrogens is 416 g/mol. The molecule has 2 saturated heterocycles. The predicted octanol–water partition coefficient (Wildman–Crippen LogP) is 3.13. The second-order valence-corrected chi connectivity index (χ2v) is 9.71. The number of likely N-dealkylation sites (tertiary alicyclic amines) is 1. The van der Waals surface area contributed by atoms with Gasteiger partial charge in [-0.1, -0.05) is 18.2 Å². The molecule has 2 unspecified atom stereocenters. The molecule has 31 heavy (non-hydrogen) atoms. The van der Waals surface area contributed by atoms with Crippen molar-refractivity contribution in [2.75, 3.05) is 26.8 Å². The number of rotatable bonds is 7. The van der Waals surface area contributed by atoms with Gasteiger partial charge in [0.25, 0.3) is 5.91 Å². The number of sulfonamides is 1. The zero-order chi connectivity index (χ0) is 21.8. The lowest BCUT2D eigenvalue weighted by Crippen LogP contribution is -2.32. The normalized spacial score (nSPS) is 21.4. The highest BCUT2D eigenvalue weighted by Crippen LogP contribution is 2.34. The van der Waals surface area contributed by atoms with Crippen LogP contribution >= 0.6 is 0 Å². The van der Waals surface area contributed by atoms with Crippen LogP contribution in [0.15, 0.2) is 53.4 Å². The number of nitrogens with one attached hydrogen (secondary N) is 1. The molecule has 166 valence electrons. The maximum Gasteiger partial charge on any atom is 0.254 e. The van der Waals surface area contributed by atoms with Crippen LogP contribution in [0.4, 0.5) is 0 Å². The van der Waals surface area contributed by atoms with Crippen LogP contribution in [-0.2, 0) is 14.8 Å². The molecule has 8 heteroatoms. The molecule has 2 aliphatic heterocycles. The fourth-order valence-corrected chi connectivity index (χ4v) is 5.35. The van der Waals surface area contributed by atoms with E-state index in [4.69, 9.17) is 9.47 Å². The fourth-order valence-electron chi connectivity index (χ4n) is 4.24. The first-order valence-corrected chi connectivity index (χ1v) is 12.1. The summed E-state index contributed by atoms with van der Waals surface area (Å²) in [5.74, 6) is 0.613. The number of nitrogens with zero attached hydrogens (tertiary/aromatic N) is 1. The van der Waals surface area contributed by atoms with E-state index in [1.807, 2.05) is 29.2 Å². The number of benzene rings is 2. The molecule has 0 aromatic heterocycles. The van der Waals surface area contributed by atoms with Crippen molar-refractivity contribution >= 4 is 15.9 Å². The summed E-state index contributed by atoms with van der Waals surface area (Å²) in [6.45, 7) is 1.55. The Hall–Kier alpha value is -2.42. The SMILES string of the molecule is COc1ccc(C2CCCN2C(=O)c2cccc(S(=O)(=O)NCC3CCCO3)c2)cc1. The Balaban J connectivity index is 1.50. The maximum absolute atomic E-state index is 13.3. The Kier molecular flexibility index (Phi) is 6.60. The van der Waals surface area contributed by atoms with E-state index in [2.05, 4.69) is 4.72 Å². The molecule has 2 aliphatic rings. The predicted molar refractivity (Wildman–Crippen MR) is 117 cm³/mol. The van der Waals surface area contributed by atoms with Gasteiger partial charge in [0, 0.05) is 25.3 Å². The zero-order valence-electron chi connectivity index (χ0n) is 17.6. The highest BCUT2D eigenvalue weighted by molar-refractivity contribution is 7.89. The number of carbonyl (C=O) groups is 1. The molecule has 0 saturated carbocycles. The number of hydrogen-bond donors (Lipinski definition) is 1. The zero-order valence-corrected chi connectivity index (χ0v) is 18.4. The summed E-state index contributed by atoms with van der Waals surface area (Å²) in [4.78, 5) is 15.2. The number of ether oxygens (including phenoxy) is 2. The average Bonchev–Trinajstić information content (AvgIpc) is 3.50. The number of carbonyl (C=O) groups excluding carboxylic acids is 1. The summed E-state index contributed by atoms with van der Waals surface area (Å²) in [6.07, 6.45) is 3.49. The molecule has 1 N–H and O–H groups in total. The summed E-state index contributed by atoms with van der Waals surface area (Å²) in [5.41, 5.74) is 1.43. The first-order chi connectivity index (χ1) is 15.0. The van der Waals surface area contributed by atoms with Crippen LogP contribution < -0.4 is 9.46 Å². The van der Waals surface area contributed by atoms with Gasteiger partial charge < -0.3 is 14.4 Å². The summed E-state index contributed by atoms with van der Waals surface area (Å²) in [7, 11) is -2.09. The molecule has 2 heterocycles. The van der Waals surface area contributed by atoms with E-state index in [1.165, 1.54) is 12.1 Å². The van der Waals surface area contributed by atoms with Gasteiger partial charge in [0.05, 0.1) is 24.2 Å². The van der Waals surface area contributed by atoms with Gasteiger partial charge in [-0.2, -0.15) is 0 Å². The lowest BCUT2D eigenvalue weighted by Gasteiger charge is -2.25. The van der Waals surface area contributed by atoms with Crippen LogP contribution in [0.5, 0.6) is 5.75 Å². The van der Waals surface area contributed by atoms with Gasteiger partial charge in [-0.25, -0.2) is 13.1 Å². The number of amides is 1. The highest BCUT2D eigenvalue weighted by Gasteiger charge is 2.31. The Morgan fingerprint density at radius 1 is 1.16 bits per heavy atom. The van der Waals surface area contributed by atoms with Crippen LogP contribution in [0.1, 0.15) is 47.6 Å². The minimum absolute atomic E-state index is 0.0312. The topological polar surface area (TPSA) is 84.9 Å². The second kappa shape index (κ2) is 9.38. The number of methoxy groups -OCH3 is 1. The summed E-state index contributed by atoms with van der Waals surface area (Å²) >= 11 is 0. The van der Waals surface area contributed by atoms with Crippen molar-refractivity contribution in [2.45, 2.75) is 42.7 Å². The molecule has 0 radical (unpaired) electrons. The third-order valence-electron chi connectivity index (χ3n) is 5.93. The van der Waals surface area contributed by atoms with Crippen molar-refractivity contribution in [3.05, 3.63) is 59.7 Å². The average molecular weight is 445 g/mol. The Morgan fingerprint density at radius 2 is 1.97 bits per heavy atom. The van der Waals surface area contributed by atoms with Crippen molar-refractivity contribution < 1.29 is 22.7 Å². The quantitative estimate of drug-likeness (QED) is 0.709. The minimum Gasteiger partial charge on any atom is -0.497 e. The van der Waals surface area contributed by atoms with E-state index in [1.54, 1.807) is 19.2 Å². The van der Waals surface area contributed by atoms with Crippen molar-refractivity contribution in [3.8, 4) is 5.75 Å². The van der Waals surface area contributed by atoms with Crippen molar-refractivity contribution in [1.29, 1.82) is 0 Å². The van der Waals surface area contributed by atoms with Gasteiger partial charge in [0.1, 0.15) is 5.75 Å². The summed E-state index contributed by atoms with van der Waals surface area (Å²) in [5, 5.41) is 0. The largest absolute Gasteiger partial charge is 0.497 e. The van der Waals surface area contributed by atoms with E-state index in [0.29, 0.717) is 18.7 Å². The monoisotopic (exact) mass is 444 g/mol. The molecule has 7 nitrogen and oxygen atoms in total. The van der Waals surface area contributed by atoms with Gasteiger partial charge in [-0.05, 0) is 61.6 Å². The van der Waals surface area contributed by atoms with Crippen molar-refractivity contribution in [3.63, 3.8) is 0 Å². The molecule has 1 amide bonds. The van der Waals surface area contributed by atoms with Crippen LogP contribution in [-0.4, -0.2) is 52.1 Å². The molecule has 4 rings (SSSR count). The maximum atomic E-state index is 13.3. The smallest absolute Gasteiger partial charge is 0.254 e. The third-order valence-corrected chi connectivity index (χ3v) is 7.35. The Labute approximate surface area is 183 Å².